The van der Waals surface area contributed by atoms with Crippen LogP contribution in [-0.4, -0.2) is 47.5 Å². The summed E-state index contributed by atoms with van der Waals surface area (Å²) >= 11 is 3.45. The third kappa shape index (κ3) is 5.49. The molecule has 148 valence electrons. The van der Waals surface area contributed by atoms with Gasteiger partial charge in [0.1, 0.15) is 0 Å². The lowest BCUT2D eigenvalue weighted by molar-refractivity contribution is 0.122. The van der Waals surface area contributed by atoms with Gasteiger partial charge in [-0.25, -0.2) is 5.43 Å². The van der Waals surface area contributed by atoms with E-state index in [2.05, 4.69) is 51.6 Å². The predicted octanol–water partition coefficient (Wildman–Crippen LogP) is 3.66. The molecule has 0 bridgehead atoms. The quantitative estimate of drug-likeness (QED) is 0.434. The van der Waals surface area contributed by atoms with Gasteiger partial charge in [0, 0.05) is 23.2 Å². The Kier molecular flexibility index (Phi) is 6.28. The van der Waals surface area contributed by atoms with Gasteiger partial charge in [-0.05, 0) is 29.8 Å². The smallest absolute Gasteiger partial charge is 0.250 e. The minimum Gasteiger partial charge on any atom is -0.378 e. The molecule has 3 aromatic rings. The van der Waals surface area contributed by atoms with Crippen molar-refractivity contribution in [3.8, 4) is 0 Å². The molecule has 1 aliphatic rings. The third-order valence-corrected chi connectivity index (χ3v) is 4.67. The molecule has 0 aliphatic carbocycles. The topological polar surface area (TPSA) is 87.6 Å². The summed E-state index contributed by atoms with van der Waals surface area (Å²) in [7, 11) is 0. The molecule has 1 saturated heterocycles. The van der Waals surface area contributed by atoms with E-state index in [9.17, 15) is 0 Å². The lowest BCUT2D eigenvalue weighted by Gasteiger charge is -2.27. The molecule has 9 heteroatoms. The van der Waals surface area contributed by atoms with E-state index in [1.165, 1.54) is 0 Å². The van der Waals surface area contributed by atoms with E-state index in [0.29, 0.717) is 31.1 Å². The fraction of sp³-hybridized carbons (Fsp3) is 0.200. The van der Waals surface area contributed by atoms with Gasteiger partial charge in [0.15, 0.2) is 0 Å². The molecule has 0 amide bonds. The summed E-state index contributed by atoms with van der Waals surface area (Å²) in [6.45, 7) is 2.76. The van der Waals surface area contributed by atoms with E-state index in [1.54, 1.807) is 6.21 Å². The average Bonchev–Trinajstić information content (AvgIpc) is 2.75. The van der Waals surface area contributed by atoms with Crippen molar-refractivity contribution < 1.29 is 4.74 Å². The maximum absolute atomic E-state index is 5.43. The van der Waals surface area contributed by atoms with Gasteiger partial charge in [-0.1, -0.05) is 46.3 Å². The monoisotopic (exact) mass is 453 g/mol. The Morgan fingerprint density at radius 2 is 1.76 bits per heavy atom. The zero-order valence-electron chi connectivity index (χ0n) is 15.6. The molecule has 0 atom stereocenters. The molecule has 29 heavy (non-hydrogen) atoms. The van der Waals surface area contributed by atoms with Crippen LogP contribution in [0.15, 0.2) is 64.2 Å². The maximum atomic E-state index is 5.43. The number of anilines is 4. The van der Waals surface area contributed by atoms with Gasteiger partial charge in [-0.3, -0.25) is 0 Å². The van der Waals surface area contributed by atoms with Gasteiger partial charge in [0.2, 0.25) is 17.8 Å². The fourth-order valence-electron chi connectivity index (χ4n) is 2.78. The molecule has 1 fully saturated rings. The predicted molar refractivity (Wildman–Crippen MR) is 118 cm³/mol. The highest BCUT2D eigenvalue weighted by molar-refractivity contribution is 9.10. The Morgan fingerprint density at radius 3 is 2.55 bits per heavy atom. The second-order valence-electron chi connectivity index (χ2n) is 6.30. The highest BCUT2D eigenvalue weighted by atomic mass is 79.9. The second kappa shape index (κ2) is 9.44. The summed E-state index contributed by atoms with van der Waals surface area (Å²) in [6.07, 6.45) is 1.72. The van der Waals surface area contributed by atoms with Crippen LogP contribution in [-0.2, 0) is 4.74 Å². The summed E-state index contributed by atoms with van der Waals surface area (Å²) in [5.74, 6) is 1.40. The Labute approximate surface area is 177 Å². The molecule has 2 heterocycles. The van der Waals surface area contributed by atoms with Crippen molar-refractivity contribution in [3.63, 3.8) is 0 Å². The van der Waals surface area contributed by atoms with E-state index in [-0.39, 0.29) is 0 Å². The molecule has 1 aromatic heterocycles. The number of nitrogens with one attached hydrogen (secondary N) is 2. The Bertz CT molecular complexity index is 978. The number of morpholine rings is 1. The fourth-order valence-corrected chi connectivity index (χ4v) is 3.19. The number of ether oxygens (including phenoxy) is 1. The Morgan fingerprint density at radius 1 is 0.966 bits per heavy atom. The summed E-state index contributed by atoms with van der Waals surface area (Å²) in [4.78, 5) is 15.6. The molecule has 0 radical (unpaired) electrons. The number of para-hydroxylation sites is 1. The van der Waals surface area contributed by atoms with Crippen molar-refractivity contribution >= 4 is 45.7 Å². The normalized spacial score (nSPS) is 14.2. The first-order chi connectivity index (χ1) is 14.3. The van der Waals surface area contributed by atoms with E-state index in [4.69, 9.17) is 4.74 Å². The molecule has 0 spiro atoms. The van der Waals surface area contributed by atoms with Gasteiger partial charge in [0.25, 0.3) is 0 Å². The number of halogens is 1. The van der Waals surface area contributed by atoms with Crippen LogP contribution in [0.2, 0.25) is 0 Å². The molecule has 0 saturated carbocycles. The Balaban J connectivity index is 1.56. The molecule has 1 aliphatic heterocycles. The average molecular weight is 454 g/mol. The van der Waals surface area contributed by atoms with Gasteiger partial charge < -0.3 is 15.0 Å². The van der Waals surface area contributed by atoms with E-state index >= 15 is 0 Å². The van der Waals surface area contributed by atoms with Crippen LogP contribution in [0.3, 0.4) is 0 Å². The minimum absolute atomic E-state index is 0.367. The molecule has 8 nitrogen and oxygen atoms in total. The van der Waals surface area contributed by atoms with Crippen molar-refractivity contribution in [1.82, 2.24) is 15.0 Å². The van der Waals surface area contributed by atoms with Crippen molar-refractivity contribution in [1.29, 1.82) is 0 Å². The van der Waals surface area contributed by atoms with E-state index < -0.39 is 0 Å². The molecule has 2 N–H and O–H groups in total. The molecule has 2 aromatic carbocycles. The van der Waals surface area contributed by atoms with Crippen LogP contribution in [0.25, 0.3) is 0 Å². The van der Waals surface area contributed by atoms with Gasteiger partial charge in [-0.2, -0.15) is 20.1 Å². The van der Waals surface area contributed by atoms with Gasteiger partial charge in [0.05, 0.1) is 19.4 Å². The van der Waals surface area contributed by atoms with Gasteiger partial charge >= 0.3 is 0 Å². The number of hydrogen-bond acceptors (Lipinski definition) is 8. The Hall–Kier alpha value is -3.04. The van der Waals surface area contributed by atoms with Crippen molar-refractivity contribution in [2.45, 2.75) is 0 Å². The zero-order valence-corrected chi connectivity index (χ0v) is 17.2. The van der Waals surface area contributed by atoms with Crippen LogP contribution in [0.4, 0.5) is 23.5 Å². The van der Waals surface area contributed by atoms with Crippen LogP contribution in [0, 0.1) is 0 Å². The summed E-state index contributed by atoms with van der Waals surface area (Å²) < 4.78 is 6.42. The van der Waals surface area contributed by atoms with Crippen LogP contribution >= 0.6 is 15.9 Å². The van der Waals surface area contributed by atoms with Crippen LogP contribution < -0.4 is 15.6 Å². The number of hydrazone groups is 1. The summed E-state index contributed by atoms with van der Waals surface area (Å²) in [6, 6.07) is 17.6. The molecule has 0 unspecified atom stereocenters. The lowest BCUT2D eigenvalue weighted by atomic mass is 10.2. The highest BCUT2D eigenvalue weighted by Crippen LogP contribution is 2.18. The highest BCUT2D eigenvalue weighted by Gasteiger charge is 2.16. The van der Waals surface area contributed by atoms with Crippen molar-refractivity contribution in [3.05, 3.63) is 64.6 Å². The van der Waals surface area contributed by atoms with Gasteiger partial charge in [-0.15, -0.1) is 0 Å². The number of rotatable bonds is 6. The molecule has 4 rings (SSSR count). The molecular formula is C20H20BrN7O. The lowest BCUT2D eigenvalue weighted by Crippen LogP contribution is -2.37. The second-order valence-corrected chi connectivity index (χ2v) is 7.21. The first-order valence-corrected chi connectivity index (χ1v) is 10.0. The number of benzene rings is 2. The maximum Gasteiger partial charge on any atom is 0.250 e. The van der Waals surface area contributed by atoms with Crippen molar-refractivity contribution in [2.24, 2.45) is 5.10 Å². The zero-order chi connectivity index (χ0) is 19.9. The number of nitrogens with zero attached hydrogens (tertiary/aromatic N) is 5. The van der Waals surface area contributed by atoms with Crippen LogP contribution in [0.5, 0.6) is 0 Å². The summed E-state index contributed by atoms with van der Waals surface area (Å²) in [5, 5.41) is 7.49. The van der Waals surface area contributed by atoms with E-state index in [0.717, 1.165) is 28.8 Å². The SMILES string of the molecule is Brc1cccc(/C=N\Nc2nc(Nc3ccccc3)nc(N3CCOCC3)n2)c1. The van der Waals surface area contributed by atoms with Crippen molar-refractivity contribution in [2.75, 3.05) is 41.9 Å². The third-order valence-electron chi connectivity index (χ3n) is 4.17. The standard InChI is InChI=1S/C20H20BrN7O/c21-16-6-4-5-15(13-16)14-22-27-19-24-18(23-17-7-2-1-3-8-17)25-20(26-19)28-9-11-29-12-10-28/h1-8,13-14H,9-12H2,(H2,23,24,25,26,27)/b22-14-. The minimum atomic E-state index is 0.367. The number of hydrogen-bond donors (Lipinski definition) is 2. The first kappa shape index (κ1) is 19.3. The molecular weight excluding hydrogens is 434 g/mol. The largest absolute Gasteiger partial charge is 0.378 e. The van der Waals surface area contributed by atoms with Crippen LogP contribution in [0.1, 0.15) is 5.56 Å². The summed E-state index contributed by atoms with van der Waals surface area (Å²) in [5.41, 5.74) is 4.77. The first-order valence-electron chi connectivity index (χ1n) is 9.22. The number of aromatic nitrogens is 3. The van der Waals surface area contributed by atoms with E-state index in [1.807, 2.05) is 54.6 Å².